The molecular weight excluding hydrogens is 242 g/mol. The standard InChI is InChI=1S/C14H23N3O2/c1-4-5-14(6-7-15-9-14)13(18)16-8-12-17-10(2)11(3)19-12/h15H,4-9H2,1-3H3,(H,16,18). The lowest BCUT2D eigenvalue weighted by Gasteiger charge is -2.26. The van der Waals surface area contributed by atoms with Crippen LogP contribution in [0.15, 0.2) is 4.42 Å². The Morgan fingerprint density at radius 1 is 1.53 bits per heavy atom. The molecule has 1 amide bonds. The first kappa shape index (κ1) is 14.1. The highest BCUT2D eigenvalue weighted by Gasteiger charge is 2.40. The predicted molar refractivity (Wildman–Crippen MR) is 72.7 cm³/mol. The third-order valence-electron chi connectivity index (χ3n) is 3.93. The van der Waals surface area contributed by atoms with Crippen LogP contribution < -0.4 is 10.6 Å². The quantitative estimate of drug-likeness (QED) is 0.850. The largest absolute Gasteiger partial charge is 0.444 e. The zero-order valence-corrected chi connectivity index (χ0v) is 12.0. The summed E-state index contributed by atoms with van der Waals surface area (Å²) in [6, 6.07) is 0. The number of rotatable bonds is 5. The molecule has 0 radical (unpaired) electrons. The Hall–Kier alpha value is -1.36. The van der Waals surface area contributed by atoms with Crippen molar-refractivity contribution in [1.82, 2.24) is 15.6 Å². The van der Waals surface area contributed by atoms with Crippen LogP contribution in [0.25, 0.3) is 0 Å². The minimum absolute atomic E-state index is 0.118. The van der Waals surface area contributed by atoms with Crippen molar-refractivity contribution < 1.29 is 9.21 Å². The molecule has 2 heterocycles. The van der Waals surface area contributed by atoms with Crippen LogP contribution in [0.4, 0.5) is 0 Å². The van der Waals surface area contributed by atoms with Crippen molar-refractivity contribution in [1.29, 1.82) is 0 Å². The highest BCUT2D eigenvalue weighted by Crippen LogP contribution is 2.31. The second-order valence-corrected chi connectivity index (χ2v) is 5.39. The van der Waals surface area contributed by atoms with Gasteiger partial charge in [-0.25, -0.2) is 4.98 Å². The molecule has 1 aromatic heterocycles. The van der Waals surface area contributed by atoms with Gasteiger partial charge in [-0.1, -0.05) is 13.3 Å². The molecule has 19 heavy (non-hydrogen) atoms. The van der Waals surface area contributed by atoms with E-state index in [2.05, 4.69) is 22.5 Å². The summed E-state index contributed by atoms with van der Waals surface area (Å²) in [6.45, 7) is 7.98. The van der Waals surface area contributed by atoms with Crippen LogP contribution in [0.1, 0.15) is 43.5 Å². The average molecular weight is 265 g/mol. The summed E-state index contributed by atoms with van der Waals surface area (Å²) < 4.78 is 5.48. The molecule has 5 nitrogen and oxygen atoms in total. The predicted octanol–water partition coefficient (Wildman–Crippen LogP) is 1.69. The average Bonchev–Trinajstić information content (AvgIpc) is 2.96. The minimum atomic E-state index is -0.245. The molecule has 1 aliphatic heterocycles. The number of nitrogens with one attached hydrogen (secondary N) is 2. The number of carbonyl (C=O) groups is 1. The van der Waals surface area contributed by atoms with Crippen LogP contribution in [0, 0.1) is 19.3 Å². The second-order valence-electron chi connectivity index (χ2n) is 5.39. The third kappa shape index (κ3) is 2.97. The molecule has 1 saturated heterocycles. The smallest absolute Gasteiger partial charge is 0.227 e. The van der Waals surface area contributed by atoms with Crippen molar-refractivity contribution in [2.45, 2.75) is 46.6 Å². The van der Waals surface area contributed by atoms with E-state index in [1.54, 1.807) is 0 Å². The van der Waals surface area contributed by atoms with Crippen molar-refractivity contribution in [3.8, 4) is 0 Å². The lowest BCUT2D eigenvalue weighted by molar-refractivity contribution is -0.130. The summed E-state index contributed by atoms with van der Waals surface area (Å²) >= 11 is 0. The molecule has 0 aromatic carbocycles. The molecule has 1 aliphatic rings. The third-order valence-corrected chi connectivity index (χ3v) is 3.93. The monoisotopic (exact) mass is 265 g/mol. The van der Waals surface area contributed by atoms with Gasteiger partial charge in [0.2, 0.25) is 11.8 Å². The summed E-state index contributed by atoms with van der Waals surface area (Å²) in [5, 5.41) is 6.26. The number of oxazole rings is 1. The summed E-state index contributed by atoms with van der Waals surface area (Å²) in [5.41, 5.74) is 0.640. The van der Waals surface area contributed by atoms with Gasteiger partial charge < -0.3 is 15.1 Å². The van der Waals surface area contributed by atoms with Gasteiger partial charge in [-0.15, -0.1) is 0 Å². The molecule has 0 bridgehead atoms. The summed E-state index contributed by atoms with van der Waals surface area (Å²) in [6.07, 6.45) is 2.86. The molecule has 0 aliphatic carbocycles. The first-order valence-electron chi connectivity index (χ1n) is 6.99. The van der Waals surface area contributed by atoms with Gasteiger partial charge in [0.1, 0.15) is 5.76 Å². The highest BCUT2D eigenvalue weighted by atomic mass is 16.4. The van der Waals surface area contributed by atoms with E-state index in [1.807, 2.05) is 13.8 Å². The zero-order valence-electron chi connectivity index (χ0n) is 12.0. The van der Waals surface area contributed by atoms with Gasteiger partial charge in [0, 0.05) is 6.54 Å². The van der Waals surface area contributed by atoms with Crippen LogP contribution in [-0.2, 0) is 11.3 Å². The Morgan fingerprint density at radius 2 is 2.32 bits per heavy atom. The molecule has 1 atom stereocenters. The Balaban J connectivity index is 1.96. The fourth-order valence-corrected chi connectivity index (χ4v) is 2.70. The fraction of sp³-hybridized carbons (Fsp3) is 0.714. The number of aryl methyl sites for hydroxylation is 2. The van der Waals surface area contributed by atoms with Crippen molar-refractivity contribution >= 4 is 5.91 Å². The lowest BCUT2D eigenvalue weighted by Crippen LogP contribution is -2.42. The summed E-state index contributed by atoms with van der Waals surface area (Å²) in [4.78, 5) is 16.7. The first-order valence-corrected chi connectivity index (χ1v) is 6.99. The van der Waals surface area contributed by atoms with E-state index >= 15 is 0 Å². The van der Waals surface area contributed by atoms with Crippen molar-refractivity contribution in [2.24, 2.45) is 5.41 Å². The number of amides is 1. The van der Waals surface area contributed by atoms with Crippen LogP contribution in [0.2, 0.25) is 0 Å². The van der Waals surface area contributed by atoms with Crippen LogP contribution in [0.3, 0.4) is 0 Å². The van der Waals surface area contributed by atoms with Gasteiger partial charge in [0.15, 0.2) is 0 Å². The normalized spacial score (nSPS) is 22.7. The Labute approximate surface area is 114 Å². The molecule has 106 valence electrons. The Kier molecular flexibility index (Phi) is 4.24. The molecule has 0 saturated carbocycles. The number of hydrogen-bond acceptors (Lipinski definition) is 4. The van der Waals surface area contributed by atoms with Gasteiger partial charge in [-0.2, -0.15) is 0 Å². The van der Waals surface area contributed by atoms with Crippen molar-refractivity contribution in [3.63, 3.8) is 0 Å². The number of hydrogen-bond donors (Lipinski definition) is 2. The molecule has 5 heteroatoms. The molecule has 1 aromatic rings. The highest BCUT2D eigenvalue weighted by molar-refractivity contribution is 5.83. The summed E-state index contributed by atoms with van der Waals surface area (Å²) in [7, 11) is 0. The van der Waals surface area contributed by atoms with Crippen LogP contribution in [-0.4, -0.2) is 24.0 Å². The van der Waals surface area contributed by atoms with Gasteiger partial charge in [0.25, 0.3) is 0 Å². The topological polar surface area (TPSA) is 67.2 Å². The maximum Gasteiger partial charge on any atom is 0.227 e. The Bertz CT molecular complexity index is 428. The number of nitrogens with zero attached hydrogens (tertiary/aromatic N) is 1. The number of carbonyl (C=O) groups excluding carboxylic acids is 1. The van der Waals surface area contributed by atoms with E-state index in [-0.39, 0.29) is 11.3 Å². The zero-order chi connectivity index (χ0) is 13.9. The van der Waals surface area contributed by atoms with E-state index in [4.69, 9.17) is 4.42 Å². The van der Waals surface area contributed by atoms with E-state index in [1.165, 1.54) is 0 Å². The Morgan fingerprint density at radius 3 is 2.84 bits per heavy atom. The SMILES string of the molecule is CCCC1(C(=O)NCc2nc(C)c(C)o2)CCNC1. The van der Waals surface area contributed by atoms with Gasteiger partial charge in [-0.05, 0) is 33.2 Å². The molecular formula is C14H23N3O2. The van der Waals surface area contributed by atoms with Crippen LogP contribution in [0.5, 0.6) is 0 Å². The maximum absolute atomic E-state index is 12.4. The van der Waals surface area contributed by atoms with Crippen molar-refractivity contribution in [3.05, 3.63) is 17.3 Å². The van der Waals surface area contributed by atoms with E-state index in [0.29, 0.717) is 12.4 Å². The minimum Gasteiger partial charge on any atom is -0.444 e. The van der Waals surface area contributed by atoms with E-state index in [9.17, 15) is 4.79 Å². The fourth-order valence-electron chi connectivity index (χ4n) is 2.70. The second kappa shape index (κ2) is 5.74. The van der Waals surface area contributed by atoms with Crippen molar-refractivity contribution in [2.75, 3.05) is 13.1 Å². The van der Waals surface area contributed by atoms with E-state index < -0.39 is 0 Å². The lowest BCUT2D eigenvalue weighted by atomic mass is 9.81. The number of aromatic nitrogens is 1. The van der Waals surface area contributed by atoms with Gasteiger partial charge in [-0.3, -0.25) is 4.79 Å². The first-order chi connectivity index (χ1) is 9.07. The van der Waals surface area contributed by atoms with E-state index in [0.717, 1.165) is 43.8 Å². The van der Waals surface area contributed by atoms with Gasteiger partial charge in [0.05, 0.1) is 17.7 Å². The molecule has 2 N–H and O–H groups in total. The maximum atomic E-state index is 12.4. The van der Waals surface area contributed by atoms with Gasteiger partial charge >= 0.3 is 0 Å². The molecule has 1 fully saturated rings. The summed E-state index contributed by atoms with van der Waals surface area (Å²) in [5.74, 6) is 1.52. The molecule has 0 spiro atoms. The van der Waals surface area contributed by atoms with Crippen LogP contribution >= 0.6 is 0 Å². The molecule has 1 unspecified atom stereocenters. The molecule has 2 rings (SSSR count).